The number of carbonyl (C=O) groups excluding carboxylic acids is 1. The molecule has 2 aromatic rings. The van der Waals surface area contributed by atoms with Crippen LogP contribution >= 0.6 is 0 Å². The minimum atomic E-state index is -0.153. The molecule has 21 heavy (non-hydrogen) atoms. The fraction of sp³-hybridized carbons (Fsp3) is 0.235. The van der Waals surface area contributed by atoms with Crippen LogP contribution in [0, 0.1) is 5.82 Å². The van der Waals surface area contributed by atoms with Crippen LogP contribution < -0.4 is 10.2 Å². The zero-order valence-electron chi connectivity index (χ0n) is 11.9. The number of rotatable bonds is 3. The molecule has 0 spiro atoms. The maximum atomic E-state index is 14.0. The Balaban J connectivity index is 1.75. The van der Waals surface area contributed by atoms with Crippen LogP contribution in [0.2, 0.25) is 0 Å². The van der Waals surface area contributed by atoms with Crippen molar-refractivity contribution in [3.05, 3.63) is 59.4 Å². The number of hydrogen-bond donors (Lipinski definition) is 1. The molecule has 1 amide bonds. The standard InChI is InChI=1S/C17H17FN2O/c1-12(21)19-15-7-5-13(6-8-15)11-20-10-9-14-3-2-4-16(18)17(14)20/h2-8H,9-11H2,1H3,(H,19,21). The van der Waals surface area contributed by atoms with Crippen molar-refractivity contribution in [2.45, 2.75) is 19.9 Å². The third-order valence-electron chi connectivity index (χ3n) is 3.69. The summed E-state index contributed by atoms with van der Waals surface area (Å²) in [5, 5.41) is 2.74. The smallest absolute Gasteiger partial charge is 0.221 e. The highest BCUT2D eigenvalue weighted by atomic mass is 19.1. The van der Waals surface area contributed by atoms with E-state index in [1.165, 1.54) is 13.0 Å². The molecule has 0 radical (unpaired) electrons. The summed E-state index contributed by atoms with van der Waals surface area (Å²) in [5.74, 6) is -0.238. The molecule has 1 aliphatic rings. The van der Waals surface area contributed by atoms with Crippen LogP contribution in [0.15, 0.2) is 42.5 Å². The van der Waals surface area contributed by atoms with E-state index in [-0.39, 0.29) is 11.7 Å². The Morgan fingerprint density at radius 3 is 2.71 bits per heavy atom. The second kappa shape index (κ2) is 5.56. The predicted octanol–water partition coefficient (Wildman–Crippen LogP) is 3.35. The van der Waals surface area contributed by atoms with Crippen molar-refractivity contribution in [1.82, 2.24) is 0 Å². The van der Waals surface area contributed by atoms with E-state index in [4.69, 9.17) is 0 Å². The summed E-state index contributed by atoms with van der Waals surface area (Å²) in [4.78, 5) is 13.1. The minimum Gasteiger partial charge on any atom is -0.364 e. The third-order valence-corrected chi connectivity index (χ3v) is 3.69. The van der Waals surface area contributed by atoms with Gasteiger partial charge >= 0.3 is 0 Å². The monoisotopic (exact) mass is 284 g/mol. The molecule has 4 heteroatoms. The van der Waals surface area contributed by atoms with Crippen LogP contribution in [-0.2, 0) is 17.8 Å². The second-order valence-corrected chi connectivity index (χ2v) is 5.30. The number of hydrogen-bond acceptors (Lipinski definition) is 2. The van der Waals surface area contributed by atoms with Gasteiger partial charge in [0.2, 0.25) is 5.91 Å². The first-order valence-corrected chi connectivity index (χ1v) is 7.02. The third kappa shape index (κ3) is 2.89. The largest absolute Gasteiger partial charge is 0.364 e. The molecular formula is C17H17FN2O. The first kappa shape index (κ1) is 13.6. The van der Waals surface area contributed by atoms with Crippen LogP contribution in [0.5, 0.6) is 0 Å². The molecule has 0 aromatic heterocycles. The summed E-state index contributed by atoms with van der Waals surface area (Å²) >= 11 is 0. The van der Waals surface area contributed by atoms with E-state index in [2.05, 4.69) is 10.2 Å². The number of halogens is 1. The van der Waals surface area contributed by atoms with Gasteiger partial charge < -0.3 is 10.2 Å². The molecule has 1 N–H and O–H groups in total. The number of benzene rings is 2. The topological polar surface area (TPSA) is 32.3 Å². The van der Waals surface area contributed by atoms with Gasteiger partial charge in [-0.2, -0.15) is 0 Å². The van der Waals surface area contributed by atoms with Crippen molar-refractivity contribution in [2.24, 2.45) is 0 Å². The van der Waals surface area contributed by atoms with Crippen molar-refractivity contribution in [3.8, 4) is 0 Å². The average molecular weight is 284 g/mol. The number of nitrogens with zero attached hydrogens (tertiary/aromatic N) is 1. The van der Waals surface area contributed by atoms with Gasteiger partial charge in [0.1, 0.15) is 5.82 Å². The summed E-state index contributed by atoms with van der Waals surface area (Å²) in [5.41, 5.74) is 3.67. The molecule has 0 fully saturated rings. The molecule has 0 bridgehead atoms. The van der Waals surface area contributed by atoms with Crippen molar-refractivity contribution < 1.29 is 9.18 Å². The lowest BCUT2D eigenvalue weighted by Gasteiger charge is -2.20. The van der Waals surface area contributed by atoms with E-state index >= 15 is 0 Å². The van der Waals surface area contributed by atoms with Gasteiger partial charge in [0.05, 0.1) is 5.69 Å². The van der Waals surface area contributed by atoms with Gasteiger partial charge in [0.15, 0.2) is 0 Å². The Bertz CT molecular complexity index is 667. The zero-order chi connectivity index (χ0) is 14.8. The summed E-state index contributed by atoms with van der Waals surface area (Å²) in [6, 6.07) is 12.9. The molecule has 0 saturated carbocycles. The normalized spacial score (nSPS) is 13.1. The van der Waals surface area contributed by atoms with E-state index in [0.717, 1.165) is 35.5 Å². The van der Waals surface area contributed by atoms with E-state index in [9.17, 15) is 9.18 Å². The van der Waals surface area contributed by atoms with E-state index in [1.54, 1.807) is 6.07 Å². The number of fused-ring (bicyclic) bond motifs is 1. The quantitative estimate of drug-likeness (QED) is 0.937. The lowest BCUT2D eigenvalue weighted by atomic mass is 10.1. The summed E-state index contributed by atoms with van der Waals surface area (Å²) in [6.45, 7) is 3.00. The van der Waals surface area contributed by atoms with Crippen LogP contribution in [0.25, 0.3) is 0 Å². The Morgan fingerprint density at radius 2 is 2.00 bits per heavy atom. The molecule has 108 valence electrons. The van der Waals surface area contributed by atoms with Crippen LogP contribution in [-0.4, -0.2) is 12.5 Å². The van der Waals surface area contributed by atoms with Gasteiger partial charge in [-0.3, -0.25) is 4.79 Å². The van der Waals surface area contributed by atoms with E-state index < -0.39 is 0 Å². The number of anilines is 2. The molecule has 1 aliphatic heterocycles. The molecule has 0 unspecified atom stereocenters. The first-order chi connectivity index (χ1) is 10.1. The molecule has 0 atom stereocenters. The van der Waals surface area contributed by atoms with Crippen molar-refractivity contribution in [2.75, 3.05) is 16.8 Å². The number of para-hydroxylation sites is 1. The SMILES string of the molecule is CC(=O)Nc1ccc(CN2CCc3cccc(F)c32)cc1. The fourth-order valence-corrected chi connectivity index (χ4v) is 2.76. The minimum absolute atomic E-state index is 0.0849. The Kier molecular flexibility index (Phi) is 3.60. The van der Waals surface area contributed by atoms with Gasteiger partial charge in [-0.1, -0.05) is 24.3 Å². The maximum absolute atomic E-state index is 14.0. The summed E-state index contributed by atoms with van der Waals surface area (Å²) < 4.78 is 14.0. The molecule has 3 nitrogen and oxygen atoms in total. The van der Waals surface area contributed by atoms with Crippen LogP contribution in [0.1, 0.15) is 18.1 Å². The summed E-state index contributed by atoms with van der Waals surface area (Å²) in [6.07, 6.45) is 0.886. The Morgan fingerprint density at radius 1 is 1.24 bits per heavy atom. The average Bonchev–Trinajstić information content (AvgIpc) is 2.85. The number of carbonyl (C=O) groups is 1. The van der Waals surface area contributed by atoms with Crippen LogP contribution in [0.4, 0.5) is 15.8 Å². The van der Waals surface area contributed by atoms with Gasteiger partial charge in [-0.15, -0.1) is 0 Å². The molecule has 0 saturated heterocycles. The molecule has 0 aliphatic carbocycles. The zero-order valence-corrected chi connectivity index (χ0v) is 11.9. The van der Waals surface area contributed by atoms with Gasteiger partial charge in [0.25, 0.3) is 0 Å². The number of nitrogens with one attached hydrogen (secondary N) is 1. The lowest BCUT2D eigenvalue weighted by Crippen LogP contribution is -2.20. The Labute approximate surface area is 123 Å². The van der Waals surface area contributed by atoms with Crippen molar-refractivity contribution >= 4 is 17.3 Å². The number of amides is 1. The van der Waals surface area contributed by atoms with Crippen molar-refractivity contribution in [1.29, 1.82) is 0 Å². The van der Waals surface area contributed by atoms with E-state index in [1.807, 2.05) is 30.3 Å². The highest BCUT2D eigenvalue weighted by molar-refractivity contribution is 5.88. The fourth-order valence-electron chi connectivity index (χ4n) is 2.76. The molecule has 2 aromatic carbocycles. The highest BCUT2D eigenvalue weighted by Crippen LogP contribution is 2.31. The molecule has 3 rings (SSSR count). The van der Waals surface area contributed by atoms with Crippen LogP contribution in [0.3, 0.4) is 0 Å². The van der Waals surface area contributed by atoms with E-state index in [0.29, 0.717) is 6.54 Å². The molecular weight excluding hydrogens is 267 g/mol. The molecule has 1 heterocycles. The Hall–Kier alpha value is -2.36. The van der Waals surface area contributed by atoms with Crippen molar-refractivity contribution in [3.63, 3.8) is 0 Å². The first-order valence-electron chi connectivity index (χ1n) is 7.02. The highest BCUT2D eigenvalue weighted by Gasteiger charge is 2.22. The second-order valence-electron chi connectivity index (χ2n) is 5.30. The predicted molar refractivity (Wildman–Crippen MR) is 81.9 cm³/mol. The summed E-state index contributed by atoms with van der Waals surface area (Å²) in [7, 11) is 0. The lowest BCUT2D eigenvalue weighted by molar-refractivity contribution is -0.114. The maximum Gasteiger partial charge on any atom is 0.221 e. The van der Waals surface area contributed by atoms with Gasteiger partial charge in [-0.05, 0) is 35.7 Å². The van der Waals surface area contributed by atoms with Gasteiger partial charge in [-0.25, -0.2) is 4.39 Å². The van der Waals surface area contributed by atoms with Gasteiger partial charge in [0, 0.05) is 25.7 Å².